The van der Waals surface area contributed by atoms with Gasteiger partial charge in [-0.05, 0) is 19.1 Å². The van der Waals surface area contributed by atoms with Crippen molar-refractivity contribution in [2.75, 3.05) is 0 Å². The molecular weight excluding hydrogens is 248 g/mol. The second-order valence-electron chi connectivity index (χ2n) is 4.09. The van der Waals surface area contributed by atoms with Crippen LogP contribution in [0.2, 0.25) is 0 Å². The Labute approximate surface area is 108 Å². The van der Waals surface area contributed by atoms with Gasteiger partial charge in [0.05, 0.1) is 5.56 Å². The molecule has 0 saturated carbocycles. The van der Waals surface area contributed by atoms with E-state index in [1.165, 1.54) is 11.3 Å². The molecule has 1 N–H and O–H groups in total. The molecule has 0 atom stereocenters. The highest BCUT2D eigenvalue weighted by molar-refractivity contribution is 7.19. The van der Waals surface area contributed by atoms with Gasteiger partial charge in [0.2, 0.25) is 4.96 Å². The van der Waals surface area contributed by atoms with Crippen LogP contribution in [-0.2, 0) is 6.42 Å². The van der Waals surface area contributed by atoms with Gasteiger partial charge in [-0.3, -0.25) is 0 Å². The van der Waals surface area contributed by atoms with Gasteiger partial charge in [0.15, 0.2) is 10.8 Å². The highest BCUT2D eigenvalue weighted by Gasteiger charge is 2.14. The number of phenols is 1. The fraction of sp³-hybridized carbons (Fsp3) is 0.250. The molecule has 0 amide bonds. The van der Waals surface area contributed by atoms with Gasteiger partial charge in [-0.15, -0.1) is 10.2 Å². The first kappa shape index (κ1) is 11.2. The van der Waals surface area contributed by atoms with Crippen LogP contribution < -0.4 is 0 Å². The third-order valence-electron chi connectivity index (χ3n) is 2.75. The molecule has 0 aliphatic rings. The summed E-state index contributed by atoms with van der Waals surface area (Å²) < 4.78 is 1.74. The first-order valence-electron chi connectivity index (χ1n) is 5.70. The van der Waals surface area contributed by atoms with E-state index in [1.54, 1.807) is 10.6 Å². The lowest BCUT2D eigenvalue weighted by Crippen LogP contribution is -1.93. The standard InChI is InChI=1S/C12H12N4OS/c1-3-10-13-14-12-16(10)15-11(18-12)8-6-7(2)4-5-9(8)17/h4-6,17H,3H2,1-2H3. The summed E-state index contributed by atoms with van der Waals surface area (Å²) in [5, 5.41) is 23.2. The summed E-state index contributed by atoms with van der Waals surface area (Å²) in [6.07, 6.45) is 0.782. The number of aromatic hydroxyl groups is 1. The first-order valence-corrected chi connectivity index (χ1v) is 6.52. The van der Waals surface area contributed by atoms with Crippen LogP contribution in [0.4, 0.5) is 0 Å². The SMILES string of the molecule is CCc1nnc2sc(-c3cc(C)ccc3O)nn12. The lowest BCUT2D eigenvalue weighted by atomic mass is 10.1. The van der Waals surface area contributed by atoms with Crippen molar-refractivity contribution in [2.24, 2.45) is 0 Å². The van der Waals surface area contributed by atoms with E-state index in [4.69, 9.17) is 0 Å². The number of hydrogen-bond donors (Lipinski definition) is 1. The van der Waals surface area contributed by atoms with Gasteiger partial charge in [0.25, 0.3) is 0 Å². The van der Waals surface area contributed by atoms with Gasteiger partial charge in [-0.2, -0.15) is 9.61 Å². The molecule has 6 heteroatoms. The van der Waals surface area contributed by atoms with Gasteiger partial charge in [-0.25, -0.2) is 0 Å². The van der Waals surface area contributed by atoms with E-state index in [2.05, 4.69) is 15.3 Å². The van der Waals surface area contributed by atoms with Crippen molar-refractivity contribution in [2.45, 2.75) is 20.3 Å². The highest BCUT2D eigenvalue weighted by atomic mass is 32.1. The number of aryl methyl sites for hydroxylation is 2. The molecule has 3 rings (SSSR count). The third kappa shape index (κ3) is 1.65. The maximum atomic E-state index is 9.90. The molecule has 1 aromatic carbocycles. The maximum Gasteiger partial charge on any atom is 0.234 e. The van der Waals surface area contributed by atoms with Gasteiger partial charge in [0, 0.05) is 6.42 Å². The van der Waals surface area contributed by atoms with Crippen molar-refractivity contribution in [1.29, 1.82) is 0 Å². The van der Waals surface area contributed by atoms with Gasteiger partial charge in [-0.1, -0.05) is 29.9 Å². The Morgan fingerprint density at radius 1 is 1.33 bits per heavy atom. The first-order chi connectivity index (χ1) is 8.69. The zero-order chi connectivity index (χ0) is 12.7. The van der Waals surface area contributed by atoms with Crippen molar-refractivity contribution in [3.8, 4) is 16.3 Å². The molecule has 3 aromatic rings. The number of nitrogens with zero attached hydrogens (tertiary/aromatic N) is 4. The van der Waals surface area contributed by atoms with Crippen molar-refractivity contribution >= 4 is 16.3 Å². The fourth-order valence-electron chi connectivity index (χ4n) is 1.81. The van der Waals surface area contributed by atoms with Crippen LogP contribution in [0.5, 0.6) is 5.75 Å². The molecule has 2 aromatic heterocycles. The summed E-state index contributed by atoms with van der Waals surface area (Å²) in [4.78, 5) is 0.753. The molecular formula is C12H12N4OS. The molecule has 2 heterocycles. The third-order valence-corrected chi connectivity index (χ3v) is 3.69. The van der Waals surface area contributed by atoms with Crippen LogP contribution in [0.15, 0.2) is 18.2 Å². The molecule has 0 radical (unpaired) electrons. The summed E-state index contributed by atoms with van der Waals surface area (Å²) in [6.45, 7) is 4.00. The lowest BCUT2D eigenvalue weighted by Gasteiger charge is -2.01. The Hall–Kier alpha value is -1.95. The predicted octanol–water partition coefficient (Wildman–Crippen LogP) is 2.43. The quantitative estimate of drug-likeness (QED) is 0.768. The minimum Gasteiger partial charge on any atom is -0.507 e. The number of fused-ring (bicyclic) bond motifs is 1. The van der Waals surface area contributed by atoms with E-state index in [9.17, 15) is 5.11 Å². The van der Waals surface area contributed by atoms with Gasteiger partial charge in [0.1, 0.15) is 5.75 Å². The Balaban J connectivity index is 2.19. The van der Waals surface area contributed by atoms with Crippen LogP contribution in [0, 0.1) is 6.92 Å². The average molecular weight is 260 g/mol. The van der Waals surface area contributed by atoms with Crippen molar-refractivity contribution < 1.29 is 5.11 Å². The molecule has 5 nitrogen and oxygen atoms in total. The van der Waals surface area contributed by atoms with E-state index in [-0.39, 0.29) is 5.75 Å². The smallest absolute Gasteiger partial charge is 0.234 e. The zero-order valence-electron chi connectivity index (χ0n) is 10.1. The molecule has 0 aliphatic carbocycles. The average Bonchev–Trinajstić information content (AvgIpc) is 2.91. The molecule has 0 fully saturated rings. The molecule has 0 saturated heterocycles. The lowest BCUT2D eigenvalue weighted by molar-refractivity contribution is 0.477. The Morgan fingerprint density at radius 3 is 2.94 bits per heavy atom. The summed E-state index contributed by atoms with van der Waals surface area (Å²) in [5.41, 5.74) is 1.83. The number of hydrogen-bond acceptors (Lipinski definition) is 5. The highest BCUT2D eigenvalue weighted by Crippen LogP contribution is 2.32. The van der Waals surface area contributed by atoms with E-state index in [0.717, 1.165) is 33.3 Å². The molecule has 18 heavy (non-hydrogen) atoms. The predicted molar refractivity (Wildman–Crippen MR) is 69.9 cm³/mol. The van der Waals surface area contributed by atoms with Crippen LogP contribution in [-0.4, -0.2) is 24.9 Å². The fourth-order valence-corrected chi connectivity index (χ4v) is 2.69. The van der Waals surface area contributed by atoms with Crippen molar-refractivity contribution in [1.82, 2.24) is 19.8 Å². The molecule has 0 bridgehead atoms. The van der Waals surface area contributed by atoms with Crippen LogP contribution in [0.25, 0.3) is 15.5 Å². The number of benzene rings is 1. The Morgan fingerprint density at radius 2 is 2.17 bits per heavy atom. The van der Waals surface area contributed by atoms with Gasteiger partial charge >= 0.3 is 0 Å². The minimum absolute atomic E-state index is 0.239. The monoisotopic (exact) mass is 260 g/mol. The zero-order valence-corrected chi connectivity index (χ0v) is 10.9. The Kier molecular flexibility index (Phi) is 2.52. The molecule has 0 unspecified atom stereocenters. The largest absolute Gasteiger partial charge is 0.507 e. The molecule has 0 aliphatic heterocycles. The summed E-state index contributed by atoms with van der Waals surface area (Å²) >= 11 is 1.43. The van der Waals surface area contributed by atoms with Crippen LogP contribution in [0.3, 0.4) is 0 Å². The van der Waals surface area contributed by atoms with E-state index >= 15 is 0 Å². The number of rotatable bonds is 2. The molecule has 0 spiro atoms. The topological polar surface area (TPSA) is 63.3 Å². The van der Waals surface area contributed by atoms with Crippen LogP contribution in [0.1, 0.15) is 18.3 Å². The summed E-state index contributed by atoms with van der Waals surface area (Å²) in [6, 6.07) is 5.48. The maximum absolute atomic E-state index is 9.90. The van der Waals surface area contributed by atoms with Crippen LogP contribution >= 0.6 is 11.3 Å². The Bertz CT molecular complexity index is 716. The second-order valence-corrected chi connectivity index (χ2v) is 5.05. The number of phenolic OH excluding ortho intramolecular Hbond substituents is 1. The van der Waals surface area contributed by atoms with Gasteiger partial charge < -0.3 is 5.11 Å². The van der Waals surface area contributed by atoms with Crippen molar-refractivity contribution in [3.05, 3.63) is 29.6 Å². The van der Waals surface area contributed by atoms with E-state index in [0.29, 0.717) is 0 Å². The molecule has 92 valence electrons. The normalized spacial score (nSPS) is 11.2. The minimum atomic E-state index is 0.239. The van der Waals surface area contributed by atoms with E-state index in [1.807, 2.05) is 26.0 Å². The second kappa shape index (κ2) is 4.06. The van der Waals surface area contributed by atoms with E-state index < -0.39 is 0 Å². The number of aromatic nitrogens is 4. The summed E-state index contributed by atoms with van der Waals surface area (Å²) in [5.74, 6) is 1.07. The van der Waals surface area contributed by atoms with Crippen molar-refractivity contribution in [3.63, 3.8) is 0 Å². The summed E-state index contributed by atoms with van der Waals surface area (Å²) in [7, 11) is 0.